The highest BCUT2D eigenvalue weighted by atomic mass is 16.3. The third kappa shape index (κ3) is 3.06. The Hall–Kier alpha value is -1.55. The SMILES string of the molecule is CNC(=O)NCc1ccc(CO)cc1. The largest absolute Gasteiger partial charge is 0.392 e. The molecule has 76 valence electrons. The van der Waals surface area contributed by atoms with Crippen molar-refractivity contribution in [3.8, 4) is 0 Å². The molecule has 1 aromatic rings. The molecular weight excluding hydrogens is 180 g/mol. The van der Waals surface area contributed by atoms with Crippen molar-refractivity contribution >= 4 is 6.03 Å². The molecule has 4 nitrogen and oxygen atoms in total. The molecule has 0 radical (unpaired) electrons. The van der Waals surface area contributed by atoms with Crippen molar-refractivity contribution in [1.82, 2.24) is 10.6 Å². The van der Waals surface area contributed by atoms with Gasteiger partial charge in [0, 0.05) is 13.6 Å². The minimum atomic E-state index is -0.198. The molecule has 1 aromatic carbocycles. The smallest absolute Gasteiger partial charge is 0.314 e. The van der Waals surface area contributed by atoms with E-state index in [1.807, 2.05) is 24.3 Å². The average molecular weight is 194 g/mol. The summed E-state index contributed by atoms with van der Waals surface area (Å²) in [7, 11) is 1.57. The molecule has 0 saturated heterocycles. The topological polar surface area (TPSA) is 61.4 Å². The standard InChI is InChI=1S/C10H14N2O2/c1-11-10(14)12-6-8-2-4-9(7-13)5-3-8/h2-5,13H,6-7H2,1H3,(H2,11,12,14). The minimum absolute atomic E-state index is 0.0448. The lowest BCUT2D eigenvalue weighted by Crippen LogP contribution is -2.32. The van der Waals surface area contributed by atoms with Crippen molar-refractivity contribution < 1.29 is 9.90 Å². The number of hydrogen-bond donors (Lipinski definition) is 3. The second kappa shape index (κ2) is 5.24. The molecule has 0 unspecified atom stereocenters. The third-order valence-electron chi connectivity index (χ3n) is 1.89. The Bertz CT molecular complexity index is 295. The minimum Gasteiger partial charge on any atom is -0.392 e. The molecule has 14 heavy (non-hydrogen) atoms. The summed E-state index contributed by atoms with van der Waals surface area (Å²) >= 11 is 0. The molecule has 0 atom stereocenters. The van der Waals surface area contributed by atoms with Gasteiger partial charge in [-0.2, -0.15) is 0 Å². The Labute approximate surface area is 82.9 Å². The second-order valence-corrected chi connectivity index (χ2v) is 2.91. The molecule has 1 rings (SSSR count). The number of carbonyl (C=O) groups is 1. The van der Waals surface area contributed by atoms with Crippen molar-refractivity contribution in [2.75, 3.05) is 7.05 Å². The molecule has 0 aliphatic heterocycles. The zero-order valence-corrected chi connectivity index (χ0v) is 8.08. The lowest BCUT2D eigenvalue weighted by molar-refractivity contribution is 0.242. The molecule has 2 amide bonds. The van der Waals surface area contributed by atoms with E-state index < -0.39 is 0 Å². The van der Waals surface area contributed by atoms with E-state index >= 15 is 0 Å². The Morgan fingerprint density at radius 1 is 1.29 bits per heavy atom. The first-order chi connectivity index (χ1) is 6.76. The number of hydrogen-bond acceptors (Lipinski definition) is 2. The maximum Gasteiger partial charge on any atom is 0.314 e. The summed E-state index contributed by atoms with van der Waals surface area (Å²) in [5.41, 5.74) is 1.87. The van der Waals surface area contributed by atoms with Crippen molar-refractivity contribution in [3.63, 3.8) is 0 Å². The van der Waals surface area contributed by atoms with Gasteiger partial charge in [-0.3, -0.25) is 0 Å². The predicted molar refractivity (Wildman–Crippen MR) is 53.7 cm³/mol. The van der Waals surface area contributed by atoms with Gasteiger partial charge in [0.25, 0.3) is 0 Å². The number of rotatable bonds is 3. The van der Waals surface area contributed by atoms with E-state index in [1.54, 1.807) is 7.05 Å². The summed E-state index contributed by atoms with van der Waals surface area (Å²) in [6, 6.07) is 7.22. The molecule has 0 spiro atoms. The number of benzene rings is 1. The third-order valence-corrected chi connectivity index (χ3v) is 1.89. The number of amides is 2. The van der Waals surface area contributed by atoms with Crippen LogP contribution < -0.4 is 10.6 Å². The van der Waals surface area contributed by atoms with E-state index in [4.69, 9.17) is 5.11 Å². The molecule has 0 bridgehead atoms. The van der Waals surface area contributed by atoms with Gasteiger partial charge < -0.3 is 15.7 Å². The highest BCUT2D eigenvalue weighted by Crippen LogP contribution is 2.03. The lowest BCUT2D eigenvalue weighted by atomic mass is 10.1. The van der Waals surface area contributed by atoms with Crippen LogP contribution in [0.4, 0.5) is 4.79 Å². The van der Waals surface area contributed by atoms with Crippen molar-refractivity contribution in [1.29, 1.82) is 0 Å². The molecule has 0 heterocycles. The fraction of sp³-hybridized carbons (Fsp3) is 0.300. The van der Waals surface area contributed by atoms with Crippen molar-refractivity contribution in [2.24, 2.45) is 0 Å². The van der Waals surface area contributed by atoms with Crippen LogP contribution in [0.2, 0.25) is 0 Å². The molecule has 4 heteroatoms. The zero-order valence-electron chi connectivity index (χ0n) is 8.08. The summed E-state index contributed by atoms with van der Waals surface area (Å²) in [5.74, 6) is 0. The number of carbonyl (C=O) groups excluding carboxylic acids is 1. The average Bonchev–Trinajstić information content (AvgIpc) is 2.26. The second-order valence-electron chi connectivity index (χ2n) is 2.91. The first-order valence-electron chi connectivity index (χ1n) is 4.40. The molecule has 0 aromatic heterocycles. The van der Waals surface area contributed by atoms with E-state index in [1.165, 1.54) is 0 Å². The summed E-state index contributed by atoms with van der Waals surface area (Å²) in [6.07, 6.45) is 0. The van der Waals surface area contributed by atoms with Crippen molar-refractivity contribution in [2.45, 2.75) is 13.2 Å². The van der Waals surface area contributed by atoms with Gasteiger partial charge in [0.1, 0.15) is 0 Å². The number of nitrogens with one attached hydrogen (secondary N) is 2. The lowest BCUT2D eigenvalue weighted by Gasteiger charge is -2.04. The fourth-order valence-electron chi connectivity index (χ4n) is 1.03. The number of urea groups is 1. The summed E-state index contributed by atoms with van der Waals surface area (Å²) in [6.45, 7) is 0.536. The normalized spacial score (nSPS) is 9.57. The van der Waals surface area contributed by atoms with Crippen LogP contribution in [0.25, 0.3) is 0 Å². The van der Waals surface area contributed by atoms with Gasteiger partial charge >= 0.3 is 6.03 Å². The molecule has 0 aliphatic carbocycles. The summed E-state index contributed by atoms with van der Waals surface area (Å²) < 4.78 is 0. The fourth-order valence-corrected chi connectivity index (χ4v) is 1.03. The Kier molecular flexibility index (Phi) is 3.94. The summed E-state index contributed by atoms with van der Waals surface area (Å²) in [4.78, 5) is 10.8. The van der Waals surface area contributed by atoms with Gasteiger partial charge in [0.05, 0.1) is 6.61 Å². The molecule has 0 saturated carbocycles. The van der Waals surface area contributed by atoms with Crippen LogP contribution in [0, 0.1) is 0 Å². The molecule has 0 aliphatic rings. The Morgan fingerprint density at radius 3 is 2.36 bits per heavy atom. The van der Waals surface area contributed by atoms with E-state index in [-0.39, 0.29) is 12.6 Å². The predicted octanol–water partition coefficient (Wildman–Crippen LogP) is 0.608. The Balaban J connectivity index is 2.47. The van der Waals surface area contributed by atoms with Gasteiger partial charge in [-0.05, 0) is 11.1 Å². The van der Waals surface area contributed by atoms with Crippen LogP contribution in [0.15, 0.2) is 24.3 Å². The van der Waals surface area contributed by atoms with Gasteiger partial charge in [-0.15, -0.1) is 0 Å². The number of aliphatic hydroxyl groups excluding tert-OH is 1. The first kappa shape index (κ1) is 10.5. The van der Waals surface area contributed by atoms with Gasteiger partial charge in [-0.1, -0.05) is 24.3 Å². The van der Waals surface area contributed by atoms with E-state index in [9.17, 15) is 4.79 Å². The van der Waals surface area contributed by atoms with Crippen molar-refractivity contribution in [3.05, 3.63) is 35.4 Å². The molecular formula is C10H14N2O2. The van der Waals surface area contributed by atoms with Crippen LogP contribution in [-0.2, 0) is 13.2 Å². The Morgan fingerprint density at radius 2 is 1.86 bits per heavy atom. The summed E-state index contributed by atoms with van der Waals surface area (Å²) in [5, 5.41) is 13.9. The van der Waals surface area contributed by atoms with E-state index in [0.29, 0.717) is 6.54 Å². The maximum atomic E-state index is 10.8. The zero-order chi connectivity index (χ0) is 10.4. The van der Waals surface area contributed by atoms with Gasteiger partial charge in [0.2, 0.25) is 0 Å². The van der Waals surface area contributed by atoms with Gasteiger partial charge in [0.15, 0.2) is 0 Å². The van der Waals surface area contributed by atoms with Crippen LogP contribution in [-0.4, -0.2) is 18.2 Å². The van der Waals surface area contributed by atoms with Crippen LogP contribution in [0.3, 0.4) is 0 Å². The van der Waals surface area contributed by atoms with E-state index in [0.717, 1.165) is 11.1 Å². The van der Waals surface area contributed by atoms with Crippen LogP contribution in [0.5, 0.6) is 0 Å². The van der Waals surface area contributed by atoms with E-state index in [2.05, 4.69) is 10.6 Å². The quantitative estimate of drug-likeness (QED) is 0.660. The number of aliphatic hydroxyl groups is 1. The van der Waals surface area contributed by atoms with Crippen LogP contribution >= 0.6 is 0 Å². The first-order valence-corrected chi connectivity index (χ1v) is 4.40. The highest BCUT2D eigenvalue weighted by molar-refractivity contribution is 5.73. The maximum absolute atomic E-state index is 10.8. The molecule has 0 fully saturated rings. The molecule has 3 N–H and O–H groups in total. The highest BCUT2D eigenvalue weighted by Gasteiger charge is 1.96. The monoisotopic (exact) mass is 194 g/mol. The van der Waals surface area contributed by atoms with Crippen LogP contribution in [0.1, 0.15) is 11.1 Å². The van der Waals surface area contributed by atoms with Gasteiger partial charge in [-0.25, -0.2) is 4.79 Å².